The van der Waals surface area contributed by atoms with Gasteiger partial charge in [-0.25, -0.2) is 0 Å². The molecule has 1 aromatic carbocycles. The Bertz CT molecular complexity index is 503. The fourth-order valence-corrected chi connectivity index (χ4v) is 2.05. The van der Waals surface area contributed by atoms with Gasteiger partial charge in [0.15, 0.2) is 0 Å². The highest BCUT2D eigenvalue weighted by Crippen LogP contribution is 2.31. The standard InChI is InChI=1S/C14H17ClF3NO2/c1-8(2)5-12(13(20)21)19-7-9-6-10(14(16,17)18)3-4-11(9)15/h3-4,6,8,12,19H,5,7H2,1-2H3,(H,20,21). The van der Waals surface area contributed by atoms with E-state index in [1.807, 2.05) is 13.8 Å². The first-order chi connectivity index (χ1) is 9.61. The Morgan fingerprint density at radius 3 is 2.48 bits per heavy atom. The SMILES string of the molecule is CC(C)CC(NCc1cc(C(F)(F)F)ccc1Cl)C(=O)O. The molecule has 0 saturated carbocycles. The molecule has 0 spiro atoms. The summed E-state index contributed by atoms with van der Waals surface area (Å²) in [6.07, 6.45) is -4.07. The summed E-state index contributed by atoms with van der Waals surface area (Å²) >= 11 is 5.86. The van der Waals surface area contributed by atoms with E-state index in [1.54, 1.807) is 0 Å². The highest BCUT2D eigenvalue weighted by atomic mass is 35.5. The van der Waals surface area contributed by atoms with Crippen LogP contribution in [0.3, 0.4) is 0 Å². The topological polar surface area (TPSA) is 49.3 Å². The molecule has 3 nitrogen and oxygen atoms in total. The Morgan fingerprint density at radius 1 is 1.38 bits per heavy atom. The maximum Gasteiger partial charge on any atom is 0.416 e. The predicted octanol–water partition coefficient (Wildman–Crippen LogP) is 3.95. The normalized spacial score (nSPS) is 13.5. The van der Waals surface area contributed by atoms with Crippen molar-refractivity contribution >= 4 is 17.6 Å². The van der Waals surface area contributed by atoms with E-state index < -0.39 is 23.8 Å². The third-order valence-corrected chi connectivity index (χ3v) is 3.29. The molecule has 0 saturated heterocycles. The van der Waals surface area contributed by atoms with Gasteiger partial charge in [0, 0.05) is 11.6 Å². The summed E-state index contributed by atoms with van der Waals surface area (Å²) in [5.74, 6) is -0.887. The largest absolute Gasteiger partial charge is 0.480 e. The monoisotopic (exact) mass is 323 g/mol. The number of hydrogen-bond donors (Lipinski definition) is 2. The van der Waals surface area contributed by atoms with Crippen molar-refractivity contribution in [2.24, 2.45) is 5.92 Å². The molecule has 0 fully saturated rings. The highest BCUT2D eigenvalue weighted by Gasteiger charge is 2.31. The van der Waals surface area contributed by atoms with Crippen LogP contribution in [0.2, 0.25) is 5.02 Å². The molecule has 0 aliphatic heterocycles. The molecule has 118 valence electrons. The maximum atomic E-state index is 12.6. The zero-order valence-corrected chi connectivity index (χ0v) is 12.4. The van der Waals surface area contributed by atoms with Gasteiger partial charge in [-0.1, -0.05) is 25.4 Å². The Morgan fingerprint density at radius 2 is 2.00 bits per heavy atom. The lowest BCUT2D eigenvalue weighted by Gasteiger charge is -2.17. The number of carbonyl (C=O) groups is 1. The molecule has 21 heavy (non-hydrogen) atoms. The molecule has 0 aromatic heterocycles. The van der Waals surface area contributed by atoms with Gasteiger partial charge in [-0.05, 0) is 36.1 Å². The van der Waals surface area contributed by atoms with E-state index in [9.17, 15) is 18.0 Å². The first-order valence-corrected chi connectivity index (χ1v) is 6.81. The zero-order chi connectivity index (χ0) is 16.2. The molecule has 1 rings (SSSR count). The van der Waals surface area contributed by atoms with Crippen LogP contribution in [-0.4, -0.2) is 17.1 Å². The number of rotatable bonds is 6. The van der Waals surface area contributed by atoms with E-state index in [4.69, 9.17) is 16.7 Å². The van der Waals surface area contributed by atoms with Crippen LogP contribution in [0.15, 0.2) is 18.2 Å². The molecule has 0 heterocycles. The van der Waals surface area contributed by atoms with Crippen molar-refractivity contribution in [3.8, 4) is 0 Å². The minimum Gasteiger partial charge on any atom is -0.480 e. The third kappa shape index (κ3) is 5.55. The van der Waals surface area contributed by atoms with Gasteiger partial charge in [0.05, 0.1) is 5.56 Å². The number of hydrogen-bond acceptors (Lipinski definition) is 2. The summed E-state index contributed by atoms with van der Waals surface area (Å²) in [6.45, 7) is 3.70. The molecular weight excluding hydrogens is 307 g/mol. The first-order valence-electron chi connectivity index (χ1n) is 6.43. The number of alkyl halides is 3. The highest BCUT2D eigenvalue weighted by molar-refractivity contribution is 6.31. The number of benzene rings is 1. The fraction of sp³-hybridized carbons (Fsp3) is 0.500. The van der Waals surface area contributed by atoms with Crippen molar-refractivity contribution in [2.45, 2.75) is 39.0 Å². The average Bonchev–Trinajstić information content (AvgIpc) is 2.33. The summed E-state index contributed by atoms with van der Waals surface area (Å²) in [6, 6.07) is 2.17. The number of carboxylic acids is 1. The molecule has 7 heteroatoms. The summed E-state index contributed by atoms with van der Waals surface area (Å²) in [4.78, 5) is 11.1. The lowest BCUT2D eigenvalue weighted by Crippen LogP contribution is -2.37. The molecule has 1 aromatic rings. The first kappa shape index (κ1) is 17.8. The average molecular weight is 324 g/mol. The van der Waals surface area contributed by atoms with Crippen LogP contribution in [0.25, 0.3) is 0 Å². The van der Waals surface area contributed by atoms with Crippen molar-refractivity contribution in [1.82, 2.24) is 5.32 Å². The van der Waals surface area contributed by atoms with Crippen LogP contribution >= 0.6 is 11.6 Å². The second-order valence-electron chi connectivity index (χ2n) is 5.21. The number of aliphatic carboxylic acids is 1. The minimum absolute atomic E-state index is 0.0353. The van der Waals surface area contributed by atoms with E-state index in [0.29, 0.717) is 6.42 Å². The molecule has 2 N–H and O–H groups in total. The van der Waals surface area contributed by atoms with E-state index in [1.165, 1.54) is 6.07 Å². The van der Waals surface area contributed by atoms with Crippen LogP contribution in [0.4, 0.5) is 13.2 Å². The Hall–Kier alpha value is -1.27. The minimum atomic E-state index is -4.45. The van der Waals surface area contributed by atoms with Crippen molar-refractivity contribution in [3.63, 3.8) is 0 Å². The summed E-state index contributed by atoms with van der Waals surface area (Å²) in [5.41, 5.74) is -0.582. The third-order valence-electron chi connectivity index (χ3n) is 2.92. The van der Waals surface area contributed by atoms with Crippen molar-refractivity contribution in [2.75, 3.05) is 0 Å². The number of carboxylic acid groups (broad SMARTS) is 1. The Kier molecular flexibility index (Phi) is 6.04. The smallest absolute Gasteiger partial charge is 0.416 e. The molecule has 0 radical (unpaired) electrons. The molecule has 0 amide bonds. The van der Waals surface area contributed by atoms with Crippen LogP contribution in [-0.2, 0) is 17.5 Å². The van der Waals surface area contributed by atoms with Gasteiger partial charge in [-0.15, -0.1) is 0 Å². The summed E-state index contributed by atoms with van der Waals surface area (Å²) in [5, 5.41) is 12.0. The lowest BCUT2D eigenvalue weighted by molar-refractivity contribution is -0.140. The predicted molar refractivity (Wildman–Crippen MR) is 74.2 cm³/mol. The van der Waals surface area contributed by atoms with Gasteiger partial charge >= 0.3 is 12.1 Å². The van der Waals surface area contributed by atoms with E-state index in [2.05, 4.69) is 5.32 Å². The molecule has 0 bridgehead atoms. The van der Waals surface area contributed by atoms with Crippen molar-refractivity contribution < 1.29 is 23.1 Å². The lowest BCUT2D eigenvalue weighted by atomic mass is 10.0. The van der Waals surface area contributed by atoms with Gasteiger partial charge in [0.1, 0.15) is 6.04 Å². The Labute approximate surface area is 126 Å². The number of nitrogens with one attached hydrogen (secondary N) is 1. The molecule has 1 atom stereocenters. The Balaban J connectivity index is 2.84. The second-order valence-corrected chi connectivity index (χ2v) is 5.61. The molecule has 0 aliphatic carbocycles. The van der Waals surface area contributed by atoms with Crippen molar-refractivity contribution in [1.29, 1.82) is 0 Å². The van der Waals surface area contributed by atoms with Crippen LogP contribution in [0, 0.1) is 5.92 Å². The van der Waals surface area contributed by atoms with Gasteiger partial charge in [-0.2, -0.15) is 13.2 Å². The number of halogens is 4. The van der Waals surface area contributed by atoms with Gasteiger partial charge in [0.25, 0.3) is 0 Å². The molecule has 0 aliphatic rings. The zero-order valence-electron chi connectivity index (χ0n) is 11.7. The maximum absolute atomic E-state index is 12.6. The second kappa shape index (κ2) is 7.13. The quantitative estimate of drug-likeness (QED) is 0.833. The van der Waals surface area contributed by atoms with E-state index >= 15 is 0 Å². The van der Waals surface area contributed by atoms with E-state index in [0.717, 1.165) is 12.1 Å². The van der Waals surface area contributed by atoms with Crippen LogP contribution < -0.4 is 5.32 Å². The van der Waals surface area contributed by atoms with E-state index in [-0.39, 0.29) is 23.0 Å². The fourth-order valence-electron chi connectivity index (χ4n) is 1.86. The molecule has 1 unspecified atom stereocenters. The summed E-state index contributed by atoms with van der Waals surface area (Å²) in [7, 11) is 0. The van der Waals surface area contributed by atoms with Crippen LogP contribution in [0.5, 0.6) is 0 Å². The van der Waals surface area contributed by atoms with Gasteiger partial charge in [-0.3, -0.25) is 4.79 Å². The molecular formula is C14H17ClF3NO2. The van der Waals surface area contributed by atoms with Crippen LogP contribution in [0.1, 0.15) is 31.4 Å². The summed E-state index contributed by atoms with van der Waals surface area (Å²) < 4.78 is 37.9. The van der Waals surface area contributed by atoms with Gasteiger partial charge in [0.2, 0.25) is 0 Å². The van der Waals surface area contributed by atoms with Crippen molar-refractivity contribution in [3.05, 3.63) is 34.3 Å². The van der Waals surface area contributed by atoms with Gasteiger partial charge < -0.3 is 10.4 Å².